The fourth-order valence-electron chi connectivity index (χ4n) is 6.28. The number of urea groups is 1. The molecule has 7 rings (SSSR count). The minimum atomic E-state index is -1.35. The SMILES string of the molecule is CCN(CC)c1ccc2c(c1)Oc1c(Cl)cc(N(C(=O)Nc3ccccc3)c3ccccc3)cc1C21OC(=O)c2ccccc21. The number of ether oxygens (including phenoxy) is 2. The molecular formula is C37H30ClN3O4. The van der Waals surface area contributed by atoms with Crippen LogP contribution in [0, 0.1) is 0 Å². The Labute approximate surface area is 266 Å². The Hall–Kier alpha value is -5.27. The number of halogens is 1. The van der Waals surface area contributed by atoms with Crippen molar-refractivity contribution in [2.45, 2.75) is 19.4 Å². The zero-order valence-corrected chi connectivity index (χ0v) is 25.5. The molecule has 0 aliphatic carbocycles. The summed E-state index contributed by atoms with van der Waals surface area (Å²) in [6, 6.07) is 35.0. The Morgan fingerprint density at radius 2 is 1.44 bits per heavy atom. The van der Waals surface area contributed by atoms with Gasteiger partial charge >= 0.3 is 12.0 Å². The largest absolute Gasteiger partial charge is 0.455 e. The molecule has 1 atom stereocenters. The molecule has 2 heterocycles. The molecule has 2 amide bonds. The van der Waals surface area contributed by atoms with Gasteiger partial charge in [0.2, 0.25) is 0 Å². The van der Waals surface area contributed by atoms with Gasteiger partial charge in [-0.3, -0.25) is 4.90 Å². The molecule has 1 spiro atoms. The van der Waals surface area contributed by atoms with Gasteiger partial charge in [-0.05, 0) is 68.4 Å². The third-order valence-electron chi connectivity index (χ3n) is 8.37. The van der Waals surface area contributed by atoms with Crippen LogP contribution >= 0.6 is 11.6 Å². The van der Waals surface area contributed by atoms with E-state index in [1.165, 1.54) is 0 Å². The van der Waals surface area contributed by atoms with Crippen LogP contribution in [0.4, 0.5) is 27.5 Å². The molecule has 7 nitrogen and oxygen atoms in total. The van der Waals surface area contributed by atoms with Gasteiger partial charge in [-0.1, -0.05) is 66.2 Å². The highest BCUT2D eigenvalue weighted by molar-refractivity contribution is 6.32. The molecule has 0 bridgehead atoms. The summed E-state index contributed by atoms with van der Waals surface area (Å²) in [4.78, 5) is 31.2. The van der Waals surface area contributed by atoms with E-state index in [9.17, 15) is 9.59 Å². The predicted molar refractivity (Wildman–Crippen MR) is 177 cm³/mol. The second-order valence-electron chi connectivity index (χ2n) is 10.8. The molecule has 224 valence electrons. The van der Waals surface area contributed by atoms with Gasteiger partial charge < -0.3 is 19.7 Å². The van der Waals surface area contributed by atoms with Crippen molar-refractivity contribution in [1.82, 2.24) is 0 Å². The molecule has 0 saturated heterocycles. The molecule has 2 aliphatic rings. The number of anilines is 4. The molecule has 2 aliphatic heterocycles. The number of para-hydroxylation sites is 2. The minimum absolute atomic E-state index is 0.273. The molecule has 0 fully saturated rings. The van der Waals surface area contributed by atoms with E-state index < -0.39 is 11.6 Å². The number of amides is 2. The summed E-state index contributed by atoms with van der Waals surface area (Å²) < 4.78 is 13.0. The van der Waals surface area contributed by atoms with Crippen molar-refractivity contribution in [2.24, 2.45) is 0 Å². The molecule has 0 radical (unpaired) electrons. The lowest BCUT2D eigenvalue weighted by molar-refractivity contribution is 0.0224. The summed E-state index contributed by atoms with van der Waals surface area (Å²) in [5.41, 5.74) is 3.73. The number of carbonyl (C=O) groups excluding carboxylic acids is 2. The van der Waals surface area contributed by atoms with Crippen LogP contribution < -0.4 is 19.9 Å². The number of nitrogens with zero attached hydrogens (tertiary/aromatic N) is 2. The first-order chi connectivity index (χ1) is 21.9. The summed E-state index contributed by atoms with van der Waals surface area (Å²) >= 11 is 7.06. The lowest BCUT2D eigenvalue weighted by Crippen LogP contribution is -2.35. The third kappa shape index (κ3) is 4.67. The number of nitrogens with one attached hydrogen (secondary N) is 1. The molecule has 8 heteroatoms. The van der Waals surface area contributed by atoms with Crippen LogP contribution in [0.5, 0.6) is 11.5 Å². The van der Waals surface area contributed by atoms with E-state index in [0.717, 1.165) is 18.8 Å². The van der Waals surface area contributed by atoms with Crippen molar-refractivity contribution in [3.63, 3.8) is 0 Å². The number of carbonyl (C=O) groups is 2. The van der Waals surface area contributed by atoms with E-state index in [1.807, 2.05) is 103 Å². The molecule has 1 unspecified atom stereocenters. The zero-order chi connectivity index (χ0) is 31.1. The van der Waals surface area contributed by atoms with E-state index in [2.05, 4.69) is 24.1 Å². The summed E-state index contributed by atoms with van der Waals surface area (Å²) in [6.07, 6.45) is 0. The molecule has 5 aromatic rings. The Bertz CT molecular complexity index is 1930. The first-order valence-electron chi connectivity index (χ1n) is 14.9. The van der Waals surface area contributed by atoms with E-state index in [0.29, 0.717) is 50.8 Å². The molecule has 0 saturated carbocycles. The molecule has 45 heavy (non-hydrogen) atoms. The Kier molecular flexibility index (Phi) is 7.18. The van der Waals surface area contributed by atoms with Gasteiger partial charge in [-0.15, -0.1) is 0 Å². The van der Waals surface area contributed by atoms with Gasteiger partial charge in [0.05, 0.1) is 27.5 Å². The van der Waals surface area contributed by atoms with Crippen LogP contribution in [0.1, 0.15) is 40.9 Å². The normalized spacial score (nSPS) is 15.8. The van der Waals surface area contributed by atoms with Crippen molar-refractivity contribution >= 4 is 46.4 Å². The van der Waals surface area contributed by atoms with Gasteiger partial charge in [0.1, 0.15) is 5.75 Å². The third-order valence-corrected chi connectivity index (χ3v) is 8.65. The lowest BCUT2D eigenvalue weighted by atomic mass is 9.77. The summed E-state index contributed by atoms with van der Waals surface area (Å²) in [6.45, 7) is 5.83. The maximum absolute atomic E-state index is 14.0. The summed E-state index contributed by atoms with van der Waals surface area (Å²) in [7, 11) is 0. The first-order valence-corrected chi connectivity index (χ1v) is 15.3. The first kappa shape index (κ1) is 28.5. The van der Waals surface area contributed by atoms with Gasteiger partial charge in [0.25, 0.3) is 0 Å². The number of rotatable bonds is 6. The fourth-order valence-corrected chi connectivity index (χ4v) is 6.53. The van der Waals surface area contributed by atoms with E-state index in [1.54, 1.807) is 17.0 Å². The van der Waals surface area contributed by atoms with Gasteiger partial charge in [-0.2, -0.15) is 0 Å². The van der Waals surface area contributed by atoms with Crippen LogP contribution in [0.3, 0.4) is 0 Å². The van der Waals surface area contributed by atoms with Crippen LogP contribution in [0.15, 0.2) is 115 Å². The number of hydrogen-bond acceptors (Lipinski definition) is 5. The summed E-state index contributed by atoms with van der Waals surface area (Å²) in [5.74, 6) is 0.471. The molecule has 5 aromatic carbocycles. The maximum atomic E-state index is 14.0. The maximum Gasteiger partial charge on any atom is 0.340 e. The summed E-state index contributed by atoms with van der Waals surface area (Å²) in [5, 5.41) is 3.26. The number of fused-ring (bicyclic) bond motifs is 6. The van der Waals surface area contributed by atoms with Crippen LogP contribution in [0.2, 0.25) is 5.02 Å². The standard InChI is InChI=1S/C37H30ClN3O4/c1-3-40(4-2)26-19-20-30-33(23-26)44-34-31(37(30)29-18-12-11-17-28(29)35(42)45-37)21-27(22-32(34)38)41(25-15-9-6-10-16-25)36(43)39-24-13-7-5-8-14-24/h5-23H,3-4H2,1-2H3,(H,39,43). The van der Waals surface area contributed by atoms with E-state index in [4.69, 9.17) is 21.1 Å². The smallest absolute Gasteiger partial charge is 0.340 e. The second-order valence-corrected chi connectivity index (χ2v) is 11.2. The molecule has 0 aromatic heterocycles. The average Bonchev–Trinajstić information content (AvgIpc) is 3.36. The van der Waals surface area contributed by atoms with Crippen LogP contribution in [0.25, 0.3) is 0 Å². The van der Waals surface area contributed by atoms with Crippen molar-refractivity contribution in [3.05, 3.63) is 143 Å². The quantitative estimate of drug-likeness (QED) is 0.193. The van der Waals surface area contributed by atoms with Crippen LogP contribution in [-0.2, 0) is 10.3 Å². The lowest BCUT2D eigenvalue weighted by Gasteiger charge is -2.38. The number of hydrogen-bond donors (Lipinski definition) is 1. The molecule has 1 N–H and O–H groups in total. The highest BCUT2D eigenvalue weighted by Gasteiger charge is 2.54. The topological polar surface area (TPSA) is 71.1 Å². The Balaban J connectivity index is 1.45. The Morgan fingerprint density at radius 1 is 0.756 bits per heavy atom. The highest BCUT2D eigenvalue weighted by Crippen LogP contribution is 2.59. The minimum Gasteiger partial charge on any atom is -0.455 e. The van der Waals surface area contributed by atoms with Gasteiger partial charge in [0.15, 0.2) is 11.4 Å². The van der Waals surface area contributed by atoms with Crippen molar-refractivity contribution < 1.29 is 19.1 Å². The van der Waals surface area contributed by atoms with Crippen molar-refractivity contribution in [3.8, 4) is 11.5 Å². The predicted octanol–water partition coefficient (Wildman–Crippen LogP) is 9.12. The number of benzene rings is 5. The van der Waals surface area contributed by atoms with E-state index in [-0.39, 0.29) is 11.1 Å². The number of esters is 1. The zero-order valence-electron chi connectivity index (χ0n) is 24.8. The van der Waals surface area contributed by atoms with Crippen molar-refractivity contribution in [1.29, 1.82) is 0 Å². The van der Waals surface area contributed by atoms with Crippen molar-refractivity contribution in [2.75, 3.05) is 28.2 Å². The molecular weight excluding hydrogens is 586 g/mol. The van der Waals surface area contributed by atoms with Gasteiger partial charge in [-0.25, -0.2) is 9.59 Å². The average molecular weight is 616 g/mol. The fraction of sp³-hybridized carbons (Fsp3) is 0.135. The van der Waals surface area contributed by atoms with Crippen LogP contribution in [-0.4, -0.2) is 25.1 Å². The monoisotopic (exact) mass is 615 g/mol. The van der Waals surface area contributed by atoms with Gasteiger partial charge in [0, 0.05) is 41.7 Å². The van der Waals surface area contributed by atoms with E-state index >= 15 is 0 Å². The second kappa shape index (κ2) is 11.3. The Morgan fingerprint density at radius 3 is 2.18 bits per heavy atom. The highest BCUT2D eigenvalue weighted by atomic mass is 35.5.